The van der Waals surface area contributed by atoms with Crippen molar-refractivity contribution in [2.45, 2.75) is 60.2 Å². The predicted octanol–water partition coefficient (Wildman–Crippen LogP) is 5.71. The number of hydrogen-bond donors (Lipinski definition) is 1. The van der Waals surface area contributed by atoms with Crippen LogP contribution in [0.1, 0.15) is 55.1 Å². The Balaban J connectivity index is 1.71. The van der Waals surface area contributed by atoms with Gasteiger partial charge in [0, 0.05) is 34.7 Å². The zero-order valence-corrected chi connectivity index (χ0v) is 22.5. The Kier molecular flexibility index (Phi) is 9.32. The summed E-state index contributed by atoms with van der Waals surface area (Å²) in [5, 5.41) is 9.92. The van der Waals surface area contributed by atoms with Crippen LogP contribution in [-0.4, -0.2) is 34.9 Å². The van der Waals surface area contributed by atoms with Crippen molar-refractivity contribution in [3.8, 4) is 34.6 Å². The smallest absolute Gasteiger partial charge is 0.384 e. The summed E-state index contributed by atoms with van der Waals surface area (Å²) >= 11 is 0. The lowest BCUT2D eigenvalue weighted by Gasteiger charge is -2.19. The van der Waals surface area contributed by atoms with Crippen molar-refractivity contribution in [1.82, 2.24) is 4.98 Å². The Morgan fingerprint density at radius 1 is 1.03 bits per heavy atom. The lowest BCUT2D eigenvalue weighted by molar-refractivity contribution is -0.136. The molecule has 0 aliphatic rings. The third kappa shape index (κ3) is 8.09. The SMILES string of the molecule is CCOC(=O)C#Cc1ccc(OCc2cccc(-c3cc(C)c(OCCC(C)(C)O)nc3C)c2C)cc1. The van der Waals surface area contributed by atoms with Crippen LogP contribution in [-0.2, 0) is 16.1 Å². The van der Waals surface area contributed by atoms with Gasteiger partial charge in [0.1, 0.15) is 12.4 Å². The summed E-state index contributed by atoms with van der Waals surface area (Å²) in [5.41, 5.74) is 6.11. The van der Waals surface area contributed by atoms with Gasteiger partial charge in [-0.15, -0.1) is 0 Å². The highest BCUT2D eigenvalue weighted by Gasteiger charge is 2.16. The summed E-state index contributed by atoms with van der Waals surface area (Å²) < 4.78 is 16.7. The van der Waals surface area contributed by atoms with Gasteiger partial charge in [-0.05, 0) is 88.6 Å². The van der Waals surface area contributed by atoms with Gasteiger partial charge >= 0.3 is 5.97 Å². The number of benzene rings is 2. The summed E-state index contributed by atoms with van der Waals surface area (Å²) in [4.78, 5) is 16.1. The average Bonchev–Trinajstić information content (AvgIpc) is 2.84. The van der Waals surface area contributed by atoms with Crippen LogP contribution in [0, 0.1) is 32.6 Å². The lowest BCUT2D eigenvalue weighted by atomic mass is 9.95. The van der Waals surface area contributed by atoms with E-state index in [2.05, 4.69) is 37.0 Å². The minimum atomic E-state index is -0.775. The minimum Gasteiger partial charge on any atom is -0.489 e. The summed E-state index contributed by atoms with van der Waals surface area (Å²) in [7, 11) is 0. The molecule has 194 valence electrons. The van der Waals surface area contributed by atoms with Gasteiger partial charge in [-0.3, -0.25) is 0 Å². The largest absolute Gasteiger partial charge is 0.489 e. The first-order valence-electron chi connectivity index (χ1n) is 12.4. The summed E-state index contributed by atoms with van der Waals surface area (Å²) in [6.07, 6.45) is 0.528. The molecule has 1 heterocycles. The number of nitrogens with zero attached hydrogens (tertiary/aromatic N) is 1. The highest BCUT2D eigenvalue weighted by atomic mass is 16.5. The number of esters is 1. The van der Waals surface area contributed by atoms with Gasteiger partial charge in [0.25, 0.3) is 0 Å². The number of pyridine rings is 1. The third-order valence-electron chi connectivity index (χ3n) is 5.88. The number of hydrogen-bond acceptors (Lipinski definition) is 6. The van der Waals surface area contributed by atoms with Gasteiger partial charge in [0.2, 0.25) is 5.88 Å². The Hall–Kier alpha value is -3.82. The normalized spacial score (nSPS) is 10.9. The topological polar surface area (TPSA) is 77.9 Å². The van der Waals surface area contributed by atoms with Crippen molar-refractivity contribution in [3.05, 3.63) is 76.5 Å². The van der Waals surface area contributed by atoms with Crippen molar-refractivity contribution in [1.29, 1.82) is 0 Å². The van der Waals surface area contributed by atoms with Crippen molar-refractivity contribution >= 4 is 5.97 Å². The number of aliphatic hydroxyl groups is 1. The molecule has 1 aromatic heterocycles. The van der Waals surface area contributed by atoms with E-state index in [9.17, 15) is 9.90 Å². The van der Waals surface area contributed by atoms with Crippen LogP contribution >= 0.6 is 0 Å². The average molecular weight is 502 g/mol. The number of carbonyl (C=O) groups excluding carboxylic acids is 1. The van der Waals surface area contributed by atoms with E-state index in [0.29, 0.717) is 43.4 Å². The van der Waals surface area contributed by atoms with Gasteiger partial charge in [-0.2, -0.15) is 0 Å². The first-order chi connectivity index (χ1) is 17.6. The molecule has 2 aromatic carbocycles. The van der Waals surface area contributed by atoms with E-state index >= 15 is 0 Å². The van der Waals surface area contributed by atoms with Crippen molar-refractivity contribution in [2.24, 2.45) is 0 Å². The van der Waals surface area contributed by atoms with Crippen LogP contribution in [0.5, 0.6) is 11.6 Å². The first-order valence-corrected chi connectivity index (χ1v) is 12.4. The van der Waals surface area contributed by atoms with E-state index in [1.54, 1.807) is 20.8 Å². The number of carbonyl (C=O) groups is 1. The quantitative estimate of drug-likeness (QED) is 0.299. The van der Waals surface area contributed by atoms with E-state index in [-0.39, 0.29) is 0 Å². The van der Waals surface area contributed by atoms with Crippen molar-refractivity contribution in [2.75, 3.05) is 13.2 Å². The van der Waals surface area contributed by atoms with E-state index in [1.807, 2.05) is 44.2 Å². The second-order valence-electron chi connectivity index (χ2n) is 9.53. The van der Waals surface area contributed by atoms with Crippen molar-refractivity contribution in [3.63, 3.8) is 0 Å². The van der Waals surface area contributed by atoms with Gasteiger partial charge in [-0.1, -0.05) is 24.1 Å². The van der Waals surface area contributed by atoms with Crippen LogP contribution in [0.15, 0.2) is 48.5 Å². The fraction of sp³-hybridized carbons (Fsp3) is 0.355. The highest BCUT2D eigenvalue weighted by Crippen LogP contribution is 2.32. The number of aromatic nitrogens is 1. The molecule has 0 amide bonds. The van der Waals surface area contributed by atoms with Crippen LogP contribution < -0.4 is 9.47 Å². The lowest BCUT2D eigenvalue weighted by Crippen LogP contribution is -2.22. The predicted molar refractivity (Wildman–Crippen MR) is 145 cm³/mol. The zero-order chi connectivity index (χ0) is 27.0. The second-order valence-corrected chi connectivity index (χ2v) is 9.53. The Morgan fingerprint density at radius 3 is 2.43 bits per heavy atom. The third-order valence-corrected chi connectivity index (χ3v) is 5.88. The molecule has 0 bridgehead atoms. The van der Waals surface area contributed by atoms with Crippen LogP contribution in [0.4, 0.5) is 0 Å². The molecule has 0 fully saturated rings. The molecule has 0 radical (unpaired) electrons. The molecule has 0 atom stereocenters. The molecule has 3 rings (SSSR count). The molecule has 0 spiro atoms. The molecule has 0 aliphatic carbocycles. The van der Waals surface area contributed by atoms with E-state index < -0.39 is 11.6 Å². The summed E-state index contributed by atoms with van der Waals surface area (Å²) in [6, 6.07) is 15.6. The standard InChI is InChI=1S/C31H35NO5/c1-7-35-29(33)16-13-24-11-14-26(15-12-24)37-20-25-9-8-10-27(22(25)3)28-19-21(2)30(32-23(28)4)36-18-17-31(5,6)34/h8-12,14-15,19,34H,7,17-18,20H2,1-6H3. The van der Waals surface area contributed by atoms with Crippen molar-refractivity contribution < 1.29 is 24.1 Å². The molecule has 3 aromatic rings. The molecule has 0 aliphatic heterocycles. The first kappa shape index (κ1) is 27.8. The van der Waals surface area contributed by atoms with E-state index in [4.69, 9.17) is 19.2 Å². The zero-order valence-electron chi connectivity index (χ0n) is 22.5. The molecule has 1 N–H and O–H groups in total. The Bertz CT molecular complexity index is 1290. The second kappa shape index (κ2) is 12.4. The molecule has 0 saturated carbocycles. The number of ether oxygens (including phenoxy) is 3. The molecule has 6 heteroatoms. The van der Waals surface area contributed by atoms with Crippen LogP contribution in [0.2, 0.25) is 0 Å². The summed E-state index contributed by atoms with van der Waals surface area (Å²) in [5.74, 6) is 6.02. The fourth-order valence-electron chi connectivity index (χ4n) is 3.72. The maximum absolute atomic E-state index is 11.4. The maximum atomic E-state index is 11.4. The monoisotopic (exact) mass is 501 g/mol. The van der Waals surface area contributed by atoms with E-state index in [0.717, 1.165) is 33.5 Å². The van der Waals surface area contributed by atoms with Gasteiger partial charge in [-0.25, -0.2) is 9.78 Å². The molecule has 0 unspecified atom stereocenters. The van der Waals surface area contributed by atoms with Gasteiger partial charge in [0.15, 0.2) is 0 Å². The fourth-order valence-corrected chi connectivity index (χ4v) is 3.72. The van der Waals surface area contributed by atoms with Gasteiger partial charge in [0.05, 0.1) is 18.8 Å². The molecular weight excluding hydrogens is 466 g/mol. The maximum Gasteiger partial charge on any atom is 0.384 e. The molecule has 6 nitrogen and oxygen atoms in total. The Labute approximate surface area is 219 Å². The number of rotatable bonds is 9. The molecular formula is C31H35NO5. The highest BCUT2D eigenvalue weighted by molar-refractivity contribution is 5.89. The van der Waals surface area contributed by atoms with Crippen LogP contribution in [0.25, 0.3) is 11.1 Å². The van der Waals surface area contributed by atoms with Gasteiger partial charge < -0.3 is 19.3 Å². The Morgan fingerprint density at radius 2 is 1.76 bits per heavy atom. The minimum absolute atomic E-state index is 0.306. The van der Waals surface area contributed by atoms with Crippen LogP contribution in [0.3, 0.4) is 0 Å². The molecule has 0 saturated heterocycles. The summed E-state index contributed by atoms with van der Waals surface area (Å²) in [6.45, 7) is 12.5. The molecule has 37 heavy (non-hydrogen) atoms. The van der Waals surface area contributed by atoms with E-state index in [1.165, 1.54) is 0 Å². The number of aryl methyl sites for hydroxylation is 2.